The Morgan fingerprint density at radius 1 is 1.03 bits per heavy atom. The van der Waals surface area contributed by atoms with Crippen LogP contribution in [0.3, 0.4) is 0 Å². The summed E-state index contributed by atoms with van der Waals surface area (Å²) in [5, 5.41) is 4.03. The molecule has 5 aromatic rings. The summed E-state index contributed by atoms with van der Waals surface area (Å²) in [6.07, 6.45) is -0.647. The zero-order valence-electron chi connectivity index (χ0n) is 19.2. The normalized spacial score (nSPS) is 12.1. The van der Waals surface area contributed by atoms with Gasteiger partial charge in [-0.1, -0.05) is 41.6 Å². The van der Waals surface area contributed by atoms with Crippen LogP contribution in [0.15, 0.2) is 79.2 Å². The Hall–Kier alpha value is -4.46. The quantitative estimate of drug-likeness (QED) is 0.352. The van der Waals surface area contributed by atoms with Crippen molar-refractivity contribution in [1.82, 2.24) is 10.1 Å². The van der Waals surface area contributed by atoms with Crippen LogP contribution in [0.2, 0.25) is 0 Å². The van der Waals surface area contributed by atoms with Crippen LogP contribution in [0, 0.1) is 19.7 Å². The number of fused-ring (bicyclic) bond motifs is 1. The molecule has 1 N–H and O–H groups in total. The Balaban J connectivity index is 1.66. The second-order valence-corrected chi connectivity index (χ2v) is 8.30. The van der Waals surface area contributed by atoms with E-state index >= 15 is 0 Å². The van der Waals surface area contributed by atoms with Gasteiger partial charge in [0.1, 0.15) is 29.0 Å². The molecule has 7 nitrogen and oxygen atoms in total. The summed E-state index contributed by atoms with van der Waals surface area (Å²) in [5.74, 6) is -0.904. The number of nitrogens with zero attached hydrogens (tertiary/aromatic N) is 1. The Morgan fingerprint density at radius 2 is 1.80 bits per heavy atom. The molecule has 2 heterocycles. The molecule has 0 aliphatic heterocycles. The molecule has 1 atom stereocenters. The van der Waals surface area contributed by atoms with Gasteiger partial charge in [0.25, 0.3) is 0 Å². The number of benzene rings is 3. The van der Waals surface area contributed by atoms with Crippen molar-refractivity contribution >= 4 is 11.0 Å². The number of H-pyrrole nitrogens is 1. The molecule has 0 bridgehead atoms. The van der Waals surface area contributed by atoms with Crippen molar-refractivity contribution in [3.05, 3.63) is 104 Å². The number of rotatable bonds is 5. The number of hydrogen-bond donors (Lipinski definition) is 1. The van der Waals surface area contributed by atoms with Crippen LogP contribution < -0.4 is 15.9 Å². The van der Waals surface area contributed by atoms with Gasteiger partial charge < -0.3 is 9.15 Å². The van der Waals surface area contributed by atoms with Crippen molar-refractivity contribution in [1.29, 1.82) is 0 Å². The van der Waals surface area contributed by atoms with E-state index in [1.165, 1.54) is 12.1 Å². The highest BCUT2D eigenvalue weighted by atomic mass is 19.1. The van der Waals surface area contributed by atoms with Crippen LogP contribution >= 0.6 is 0 Å². The van der Waals surface area contributed by atoms with E-state index in [-0.39, 0.29) is 22.6 Å². The lowest BCUT2D eigenvalue weighted by Crippen LogP contribution is -2.11. The summed E-state index contributed by atoms with van der Waals surface area (Å²) in [6.45, 7) is 5.40. The van der Waals surface area contributed by atoms with Crippen molar-refractivity contribution in [3.63, 3.8) is 0 Å². The fourth-order valence-corrected chi connectivity index (χ4v) is 4.16. The lowest BCUT2D eigenvalue weighted by Gasteiger charge is -2.19. The van der Waals surface area contributed by atoms with Gasteiger partial charge in [0.2, 0.25) is 0 Å². The first kappa shape index (κ1) is 22.3. The van der Waals surface area contributed by atoms with Crippen molar-refractivity contribution in [3.8, 4) is 28.5 Å². The first-order valence-corrected chi connectivity index (χ1v) is 11.0. The fourth-order valence-electron chi connectivity index (χ4n) is 4.16. The SMILES string of the molecule is Cc1cc(C(C)Oc2cccc(F)c2-c2noc(=O)[nH]2)c2oc(-c3ccccc3)c(C)c(=O)c2c1. The van der Waals surface area contributed by atoms with Gasteiger partial charge in [0.05, 0.1) is 10.9 Å². The molecule has 0 spiro atoms. The zero-order chi connectivity index (χ0) is 24.7. The number of hydrogen-bond acceptors (Lipinski definition) is 6. The van der Waals surface area contributed by atoms with Gasteiger partial charge in [-0.05, 0) is 50.6 Å². The van der Waals surface area contributed by atoms with Gasteiger partial charge in [-0.15, -0.1) is 0 Å². The number of aromatic nitrogens is 2. The highest BCUT2D eigenvalue weighted by Crippen LogP contribution is 2.36. The van der Waals surface area contributed by atoms with Gasteiger partial charge in [-0.2, -0.15) is 0 Å². The summed E-state index contributed by atoms with van der Waals surface area (Å²) >= 11 is 0. The van der Waals surface area contributed by atoms with Crippen LogP contribution in [0.4, 0.5) is 4.39 Å². The van der Waals surface area contributed by atoms with Crippen molar-refractivity contribution < 1.29 is 18.1 Å². The fraction of sp³-hybridized carbons (Fsp3) is 0.148. The van der Waals surface area contributed by atoms with Crippen LogP contribution in [-0.4, -0.2) is 10.1 Å². The number of aryl methyl sites for hydroxylation is 1. The maximum absolute atomic E-state index is 14.7. The second-order valence-electron chi connectivity index (χ2n) is 8.30. The van der Waals surface area contributed by atoms with Gasteiger partial charge in [-0.3, -0.25) is 14.3 Å². The molecule has 0 amide bonds. The zero-order valence-corrected chi connectivity index (χ0v) is 19.2. The molecular weight excluding hydrogens is 451 g/mol. The minimum Gasteiger partial charge on any atom is -0.485 e. The highest BCUT2D eigenvalue weighted by Gasteiger charge is 2.23. The minimum absolute atomic E-state index is 0.0376. The summed E-state index contributed by atoms with van der Waals surface area (Å²) in [6, 6.07) is 17.3. The number of halogens is 1. The Labute approximate surface area is 198 Å². The smallest absolute Gasteiger partial charge is 0.439 e. The number of aromatic amines is 1. The molecule has 0 saturated carbocycles. The molecule has 35 heavy (non-hydrogen) atoms. The molecule has 5 rings (SSSR count). The first-order valence-electron chi connectivity index (χ1n) is 11.0. The largest absolute Gasteiger partial charge is 0.485 e. The van der Waals surface area contributed by atoms with Crippen molar-refractivity contribution in [2.24, 2.45) is 0 Å². The van der Waals surface area contributed by atoms with Crippen LogP contribution in [-0.2, 0) is 0 Å². The average Bonchev–Trinajstić information content (AvgIpc) is 3.27. The van der Waals surface area contributed by atoms with E-state index in [0.717, 1.165) is 11.1 Å². The summed E-state index contributed by atoms with van der Waals surface area (Å²) in [5.41, 5.74) is 2.99. The van der Waals surface area contributed by atoms with Gasteiger partial charge in [0, 0.05) is 16.7 Å². The monoisotopic (exact) mass is 472 g/mol. The third kappa shape index (κ3) is 4.03. The number of nitrogens with one attached hydrogen (secondary N) is 1. The predicted molar refractivity (Wildman–Crippen MR) is 129 cm³/mol. The van der Waals surface area contributed by atoms with E-state index in [9.17, 15) is 14.0 Å². The van der Waals surface area contributed by atoms with E-state index in [0.29, 0.717) is 27.9 Å². The Morgan fingerprint density at radius 3 is 2.51 bits per heavy atom. The molecule has 3 aromatic carbocycles. The van der Waals surface area contributed by atoms with Gasteiger partial charge in [0.15, 0.2) is 11.3 Å². The Bertz CT molecular complexity index is 1670. The maximum Gasteiger partial charge on any atom is 0.439 e. The minimum atomic E-state index is -0.808. The van der Waals surface area contributed by atoms with Crippen molar-refractivity contribution in [2.75, 3.05) is 0 Å². The number of ether oxygens (including phenoxy) is 1. The molecule has 0 aliphatic carbocycles. The molecule has 0 saturated heterocycles. The molecule has 1 unspecified atom stereocenters. The lowest BCUT2D eigenvalue weighted by molar-refractivity contribution is 0.227. The van der Waals surface area contributed by atoms with Gasteiger partial charge in [-0.25, -0.2) is 9.18 Å². The lowest BCUT2D eigenvalue weighted by atomic mass is 10.00. The van der Waals surface area contributed by atoms with Gasteiger partial charge >= 0.3 is 5.76 Å². The molecule has 0 fully saturated rings. The second kappa shape index (κ2) is 8.72. The maximum atomic E-state index is 14.7. The highest BCUT2D eigenvalue weighted by molar-refractivity contribution is 5.84. The standard InChI is InChI=1S/C27H21FN2O5/c1-14-12-18(16(3)33-21-11-7-10-20(28)22(21)26-29-27(32)35-30-26)25-19(13-14)23(31)15(2)24(34-25)17-8-5-4-6-9-17/h4-13,16H,1-3H3,(H,29,30,32). The molecule has 176 valence electrons. The molecule has 0 aliphatic rings. The van der Waals surface area contributed by atoms with Crippen LogP contribution in [0.25, 0.3) is 33.7 Å². The van der Waals surface area contributed by atoms with Crippen LogP contribution in [0.1, 0.15) is 29.7 Å². The molecule has 2 aromatic heterocycles. The third-order valence-corrected chi connectivity index (χ3v) is 5.82. The molecule has 0 radical (unpaired) electrons. The van der Waals surface area contributed by atoms with E-state index in [1.807, 2.05) is 43.3 Å². The topological polar surface area (TPSA) is 98.3 Å². The van der Waals surface area contributed by atoms with E-state index in [4.69, 9.17) is 9.15 Å². The average molecular weight is 472 g/mol. The van der Waals surface area contributed by atoms with Crippen LogP contribution in [0.5, 0.6) is 5.75 Å². The summed E-state index contributed by atoms with van der Waals surface area (Å²) in [7, 11) is 0. The molecule has 8 heteroatoms. The predicted octanol–water partition coefficient (Wildman–Crippen LogP) is 5.70. The molecular formula is C27H21FN2O5. The van der Waals surface area contributed by atoms with E-state index in [2.05, 4.69) is 14.7 Å². The summed E-state index contributed by atoms with van der Waals surface area (Å²) < 4.78 is 31.7. The third-order valence-electron chi connectivity index (χ3n) is 5.82. The Kier molecular flexibility index (Phi) is 5.56. The first-order chi connectivity index (χ1) is 16.8. The summed E-state index contributed by atoms with van der Waals surface area (Å²) in [4.78, 5) is 27.1. The van der Waals surface area contributed by atoms with E-state index in [1.54, 1.807) is 26.0 Å². The van der Waals surface area contributed by atoms with Crippen molar-refractivity contribution in [2.45, 2.75) is 26.9 Å². The van der Waals surface area contributed by atoms with E-state index < -0.39 is 17.7 Å².